The van der Waals surface area contributed by atoms with Gasteiger partial charge in [-0.3, -0.25) is 14.4 Å². The van der Waals surface area contributed by atoms with Gasteiger partial charge in [0.15, 0.2) is 17.3 Å². The Morgan fingerprint density at radius 2 is 1.44 bits per heavy atom. The standard InChI is InChI=1S/C30H53N2O14PS/c1-40-13-15-42-17-19-44-29(36)31-11-7-6-10-23(32-30(37)45-20-18-43-16-14-41-2)27(34)26-24(33)22-25(28(26)35)48-21-9-5-4-8-12-46-47(3,38)39/h23,25-26H,4-22H2,1-3H3,(H,31,36)(H,32,37)(H,38,39)/p-1. The van der Waals surface area contributed by atoms with Crippen LogP contribution in [0.25, 0.3) is 0 Å². The monoisotopic (exact) mass is 727 g/mol. The summed E-state index contributed by atoms with van der Waals surface area (Å²) >= 11 is 1.32. The molecule has 1 fully saturated rings. The van der Waals surface area contributed by atoms with Gasteiger partial charge in [-0.25, -0.2) is 9.59 Å². The van der Waals surface area contributed by atoms with Crippen LogP contribution in [0.15, 0.2) is 0 Å². The average Bonchev–Trinajstić information content (AvgIpc) is 3.32. The highest BCUT2D eigenvalue weighted by atomic mass is 32.2. The number of carbonyl (C=O) groups excluding carboxylic acids is 5. The van der Waals surface area contributed by atoms with Crippen LogP contribution in [0.5, 0.6) is 0 Å². The molecule has 0 aromatic heterocycles. The lowest BCUT2D eigenvalue weighted by Gasteiger charge is -2.20. The average molecular weight is 728 g/mol. The molecular weight excluding hydrogens is 675 g/mol. The van der Waals surface area contributed by atoms with Gasteiger partial charge < -0.3 is 53.0 Å². The first-order chi connectivity index (χ1) is 23.0. The molecule has 18 heteroatoms. The number of hydrogen-bond donors (Lipinski definition) is 2. The van der Waals surface area contributed by atoms with E-state index >= 15 is 0 Å². The van der Waals surface area contributed by atoms with Gasteiger partial charge in [0.05, 0.1) is 57.5 Å². The zero-order valence-corrected chi connectivity index (χ0v) is 29.9. The fourth-order valence-corrected chi connectivity index (χ4v) is 6.16. The van der Waals surface area contributed by atoms with Crippen molar-refractivity contribution in [2.75, 3.05) is 92.6 Å². The molecule has 0 saturated heterocycles. The van der Waals surface area contributed by atoms with Crippen molar-refractivity contribution in [3.8, 4) is 0 Å². The second kappa shape index (κ2) is 26.7. The molecule has 0 heterocycles. The lowest BCUT2D eigenvalue weighted by molar-refractivity contribution is -0.196. The van der Waals surface area contributed by atoms with E-state index in [2.05, 4.69) is 10.6 Å². The number of rotatable bonds is 29. The van der Waals surface area contributed by atoms with Crippen LogP contribution in [0.3, 0.4) is 0 Å². The quantitative estimate of drug-likeness (QED) is 0.0640. The molecule has 1 aliphatic rings. The van der Waals surface area contributed by atoms with Crippen molar-refractivity contribution in [3.05, 3.63) is 0 Å². The highest BCUT2D eigenvalue weighted by Gasteiger charge is 2.47. The van der Waals surface area contributed by atoms with E-state index in [0.29, 0.717) is 51.4 Å². The van der Waals surface area contributed by atoms with E-state index in [0.717, 1.165) is 25.9 Å². The van der Waals surface area contributed by atoms with E-state index in [1.54, 1.807) is 7.11 Å². The van der Waals surface area contributed by atoms with Crippen LogP contribution >= 0.6 is 19.4 Å². The van der Waals surface area contributed by atoms with Gasteiger partial charge in [0, 0.05) is 33.8 Å². The highest BCUT2D eigenvalue weighted by molar-refractivity contribution is 8.00. The molecule has 48 heavy (non-hydrogen) atoms. The van der Waals surface area contributed by atoms with Crippen LogP contribution in [0.2, 0.25) is 0 Å². The van der Waals surface area contributed by atoms with E-state index in [1.807, 2.05) is 0 Å². The van der Waals surface area contributed by atoms with Crippen LogP contribution in [0, 0.1) is 5.92 Å². The predicted octanol–water partition coefficient (Wildman–Crippen LogP) is 1.89. The van der Waals surface area contributed by atoms with Gasteiger partial charge in [0.2, 0.25) is 0 Å². The number of alkyl carbamates (subject to hydrolysis) is 2. The Balaban J connectivity index is 2.59. The van der Waals surface area contributed by atoms with Gasteiger partial charge >= 0.3 is 12.2 Å². The summed E-state index contributed by atoms with van der Waals surface area (Å²) in [6.45, 7) is 3.24. The summed E-state index contributed by atoms with van der Waals surface area (Å²) in [5.74, 6) is -2.52. The lowest BCUT2D eigenvalue weighted by Crippen LogP contribution is -2.46. The van der Waals surface area contributed by atoms with Crippen LogP contribution in [-0.2, 0) is 51.9 Å². The van der Waals surface area contributed by atoms with Crippen molar-refractivity contribution in [2.45, 2.75) is 62.7 Å². The minimum Gasteiger partial charge on any atom is -0.779 e. The Morgan fingerprint density at radius 3 is 2.06 bits per heavy atom. The zero-order valence-electron chi connectivity index (χ0n) is 28.2. The maximum absolute atomic E-state index is 13.5. The Bertz CT molecular complexity index is 1010. The maximum Gasteiger partial charge on any atom is 0.407 e. The van der Waals surface area contributed by atoms with Gasteiger partial charge in [-0.15, -0.1) is 0 Å². The summed E-state index contributed by atoms with van der Waals surface area (Å²) in [6, 6.07) is -1.15. The van der Waals surface area contributed by atoms with Crippen molar-refractivity contribution in [1.29, 1.82) is 0 Å². The molecule has 278 valence electrons. The van der Waals surface area contributed by atoms with Crippen molar-refractivity contribution < 1.29 is 66.4 Å². The lowest BCUT2D eigenvalue weighted by atomic mass is 9.92. The van der Waals surface area contributed by atoms with Crippen molar-refractivity contribution in [2.24, 2.45) is 5.92 Å². The first kappa shape index (κ1) is 43.9. The fourth-order valence-electron chi connectivity index (χ4n) is 4.46. The fraction of sp³-hybridized carbons (Fsp3) is 0.833. The van der Waals surface area contributed by atoms with Gasteiger partial charge in [0.25, 0.3) is 0 Å². The molecular formula is C30H52N2O14PS-. The predicted molar refractivity (Wildman–Crippen MR) is 174 cm³/mol. The largest absolute Gasteiger partial charge is 0.779 e. The van der Waals surface area contributed by atoms with Crippen LogP contribution < -0.4 is 15.5 Å². The summed E-state index contributed by atoms with van der Waals surface area (Å²) in [5, 5.41) is 4.44. The number of nitrogens with one attached hydrogen (secondary N) is 2. The third kappa shape index (κ3) is 21.1. The van der Waals surface area contributed by atoms with Crippen molar-refractivity contribution >= 4 is 48.9 Å². The summed E-state index contributed by atoms with van der Waals surface area (Å²) in [4.78, 5) is 74.9. The molecule has 0 aromatic rings. The molecule has 2 amide bonds. The minimum absolute atomic E-state index is 0.0670. The molecule has 1 rings (SSSR count). The van der Waals surface area contributed by atoms with Gasteiger partial charge in [-0.2, -0.15) is 11.8 Å². The third-order valence-electron chi connectivity index (χ3n) is 6.89. The number of unbranched alkanes of at least 4 members (excludes halogenated alkanes) is 4. The van der Waals surface area contributed by atoms with E-state index in [4.69, 9.17) is 32.9 Å². The summed E-state index contributed by atoms with van der Waals surface area (Å²) < 4.78 is 46.1. The smallest absolute Gasteiger partial charge is 0.407 e. The second-order valence-electron chi connectivity index (χ2n) is 10.9. The first-order valence-corrected chi connectivity index (χ1v) is 19.2. The summed E-state index contributed by atoms with van der Waals surface area (Å²) in [5.41, 5.74) is 0. The Morgan fingerprint density at radius 1 is 0.833 bits per heavy atom. The zero-order chi connectivity index (χ0) is 35.6. The first-order valence-electron chi connectivity index (χ1n) is 16.1. The highest BCUT2D eigenvalue weighted by Crippen LogP contribution is 2.32. The molecule has 0 aliphatic heterocycles. The van der Waals surface area contributed by atoms with Gasteiger partial charge in [-0.05, 0) is 37.9 Å². The van der Waals surface area contributed by atoms with Crippen molar-refractivity contribution in [1.82, 2.24) is 10.6 Å². The Kier molecular flexibility index (Phi) is 24.4. The normalized spacial score (nSPS) is 17.9. The van der Waals surface area contributed by atoms with E-state index in [-0.39, 0.29) is 52.4 Å². The molecule has 4 atom stereocenters. The molecule has 1 aliphatic carbocycles. The topological polar surface area (TPSA) is 214 Å². The Hall–Kier alpha value is -2.11. The number of ketones is 3. The van der Waals surface area contributed by atoms with Crippen LogP contribution in [0.1, 0.15) is 51.4 Å². The number of methoxy groups -OCH3 is 2. The molecule has 0 aromatic carbocycles. The van der Waals surface area contributed by atoms with Gasteiger partial charge in [0.1, 0.15) is 26.7 Å². The minimum atomic E-state index is -3.73. The molecule has 2 N–H and O–H groups in total. The van der Waals surface area contributed by atoms with E-state index in [1.165, 1.54) is 18.9 Å². The number of thioether (sulfide) groups is 1. The van der Waals surface area contributed by atoms with Crippen molar-refractivity contribution in [3.63, 3.8) is 0 Å². The maximum atomic E-state index is 13.5. The van der Waals surface area contributed by atoms with E-state index in [9.17, 15) is 33.4 Å². The number of hydrogen-bond acceptors (Lipinski definition) is 15. The number of Topliss-reactive ketones (excluding diaryl/α,β-unsaturated/α-hetero) is 3. The SMILES string of the molecule is COCCOCCOC(=O)NCCCCC(NC(=O)OCCOCCOC)C(=O)C1C(=O)CC(SCCCCCCOP(C)(=O)[O-])C1=O. The van der Waals surface area contributed by atoms with Crippen LogP contribution in [-0.4, -0.2) is 133 Å². The molecule has 4 unspecified atom stereocenters. The Labute approximate surface area is 286 Å². The molecule has 16 nitrogen and oxygen atoms in total. The van der Waals surface area contributed by atoms with Gasteiger partial charge in [-0.1, -0.05) is 12.8 Å². The summed E-state index contributed by atoms with van der Waals surface area (Å²) in [6.07, 6.45) is 2.22. The molecule has 0 bridgehead atoms. The molecule has 0 spiro atoms. The molecule has 1 saturated carbocycles. The van der Waals surface area contributed by atoms with Crippen LogP contribution in [0.4, 0.5) is 9.59 Å². The third-order valence-corrected chi connectivity index (χ3v) is 8.87. The summed E-state index contributed by atoms with van der Waals surface area (Å²) in [7, 11) is -0.649. The second-order valence-corrected chi connectivity index (χ2v) is 14.0. The van der Waals surface area contributed by atoms with E-state index < -0.39 is 54.3 Å². The number of carbonyl (C=O) groups is 5. The number of ether oxygens (including phenoxy) is 6. The molecule has 0 radical (unpaired) electrons. The number of amides is 2.